The molecule has 0 amide bonds. The van der Waals surface area contributed by atoms with Gasteiger partial charge in [0.15, 0.2) is 0 Å². The van der Waals surface area contributed by atoms with Crippen molar-refractivity contribution < 1.29 is 2.74 Å². The van der Waals surface area contributed by atoms with E-state index in [9.17, 15) is 0 Å². The van der Waals surface area contributed by atoms with Crippen LogP contribution < -0.4 is 5.73 Å². The summed E-state index contributed by atoms with van der Waals surface area (Å²) in [5.74, 6) is 0. The number of benzene rings is 2. The molecule has 0 saturated carbocycles. The summed E-state index contributed by atoms with van der Waals surface area (Å²) in [6, 6.07) is 15.7. The second-order valence-electron chi connectivity index (χ2n) is 4.27. The van der Waals surface area contributed by atoms with Crippen molar-refractivity contribution in [3.8, 4) is 0 Å². The Morgan fingerprint density at radius 2 is 1.62 bits per heavy atom. The molecule has 0 spiro atoms. The van der Waals surface area contributed by atoms with Gasteiger partial charge in [-0.05, 0) is 24.5 Å². The van der Waals surface area contributed by atoms with E-state index in [0.717, 1.165) is 5.56 Å². The first-order chi connectivity index (χ1) is 8.50. The van der Waals surface area contributed by atoms with Crippen LogP contribution in [0.5, 0.6) is 0 Å². The van der Waals surface area contributed by atoms with E-state index in [1.165, 1.54) is 0 Å². The van der Waals surface area contributed by atoms with E-state index >= 15 is 0 Å². The van der Waals surface area contributed by atoms with Crippen LogP contribution in [0.4, 0.5) is 0 Å². The van der Waals surface area contributed by atoms with Gasteiger partial charge in [-0.3, -0.25) is 0 Å². The van der Waals surface area contributed by atoms with Gasteiger partial charge in [-0.2, -0.15) is 0 Å². The van der Waals surface area contributed by atoms with Crippen LogP contribution in [0.1, 0.15) is 20.8 Å². The van der Waals surface area contributed by atoms with Gasteiger partial charge in [-0.25, -0.2) is 0 Å². The summed E-state index contributed by atoms with van der Waals surface area (Å²) in [6.07, 6.45) is 0.621. The zero-order valence-corrected chi connectivity index (χ0v) is 9.40. The Labute approximate surface area is 99.7 Å². The second-order valence-corrected chi connectivity index (χ2v) is 4.27. The van der Waals surface area contributed by atoms with Crippen molar-refractivity contribution in [2.75, 3.05) is 0 Å². The van der Waals surface area contributed by atoms with Crippen LogP contribution in [0.25, 0.3) is 0 Å². The van der Waals surface area contributed by atoms with Gasteiger partial charge >= 0.3 is 0 Å². The van der Waals surface area contributed by atoms with Crippen molar-refractivity contribution in [1.82, 2.24) is 0 Å². The van der Waals surface area contributed by atoms with Crippen LogP contribution in [0.3, 0.4) is 0 Å². The SMILES string of the molecule is [2H]c1cccc([2H])c1C(C)(N)Cc1ccccc1. The lowest BCUT2D eigenvalue weighted by Crippen LogP contribution is -2.35. The maximum atomic E-state index is 7.93. The first-order valence-electron chi connectivity index (χ1n) is 6.40. The van der Waals surface area contributed by atoms with Crippen LogP contribution in [0, 0.1) is 0 Å². The maximum absolute atomic E-state index is 7.93. The van der Waals surface area contributed by atoms with E-state index in [-0.39, 0.29) is 0 Å². The van der Waals surface area contributed by atoms with Gasteiger partial charge in [0.2, 0.25) is 0 Å². The molecule has 0 fully saturated rings. The molecule has 2 rings (SSSR count). The van der Waals surface area contributed by atoms with Crippen molar-refractivity contribution in [3.63, 3.8) is 0 Å². The smallest absolute Gasteiger partial charge is 0.0626 e. The molecule has 2 aromatic rings. The molecule has 0 saturated heterocycles. The number of hydrogen-bond acceptors (Lipinski definition) is 1. The van der Waals surface area contributed by atoms with Crippen molar-refractivity contribution in [2.24, 2.45) is 5.73 Å². The fourth-order valence-electron chi connectivity index (χ4n) is 1.79. The Morgan fingerprint density at radius 1 is 1.06 bits per heavy atom. The summed E-state index contributed by atoms with van der Waals surface area (Å²) in [5.41, 5.74) is 7.36. The average molecular weight is 213 g/mol. The highest BCUT2D eigenvalue weighted by atomic mass is 14.7. The van der Waals surface area contributed by atoms with Crippen molar-refractivity contribution >= 4 is 0 Å². The molecule has 2 N–H and O–H groups in total. The maximum Gasteiger partial charge on any atom is 0.0626 e. The van der Waals surface area contributed by atoms with Crippen LogP contribution in [-0.2, 0) is 12.0 Å². The van der Waals surface area contributed by atoms with Gasteiger partial charge in [0.25, 0.3) is 0 Å². The van der Waals surface area contributed by atoms with Crippen LogP contribution in [0.15, 0.2) is 60.6 Å². The zero-order valence-electron chi connectivity index (χ0n) is 11.4. The van der Waals surface area contributed by atoms with E-state index in [0.29, 0.717) is 24.1 Å². The van der Waals surface area contributed by atoms with Gasteiger partial charge in [0, 0.05) is 5.54 Å². The highest BCUT2D eigenvalue weighted by Crippen LogP contribution is 2.22. The van der Waals surface area contributed by atoms with Crippen LogP contribution in [-0.4, -0.2) is 0 Å². The highest BCUT2D eigenvalue weighted by Gasteiger charge is 2.20. The molecule has 2 aromatic carbocycles. The molecule has 0 heterocycles. The number of hydrogen-bond donors (Lipinski definition) is 1. The lowest BCUT2D eigenvalue weighted by molar-refractivity contribution is 0.491. The standard InChI is InChI=1S/C15H17N/c1-15(16,14-10-6-3-7-11-14)12-13-8-4-2-5-9-13/h2-11H,12,16H2,1H3/i10D,11D. The molecule has 0 bridgehead atoms. The Morgan fingerprint density at radius 3 is 2.25 bits per heavy atom. The summed E-state index contributed by atoms with van der Waals surface area (Å²) in [5, 5.41) is 0. The van der Waals surface area contributed by atoms with E-state index in [1.807, 2.05) is 37.3 Å². The van der Waals surface area contributed by atoms with Gasteiger partial charge in [0.1, 0.15) is 0 Å². The van der Waals surface area contributed by atoms with Gasteiger partial charge in [0.05, 0.1) is 2.74 Å². The summed E-state index contributed by atoms with van der Waals surface area (Å²) < 4.78 is 15.9. The summed E-state index contributed by atoms with van der Waals surface area (Å²) >= 11 is 0. The quantitative estimate of drug-likeness (QED) is 0.833. The highest BCUT2D eigenvalue weighted by molar-refractivity contribution is 5.27. The van der Waals surface area contributed by atoms with Crippen molar-refractivity contribution in [1.29, 1.82) is 0 Å². The third-order valence-corrected chi connectivity index (χ3v) is 2.63. The topological polar surface area (TPSA) is 26.0 Å². The first-order valence-corrected chi connectivity index (χ1v) is 5.40. The van der Waals surface area contributed by atoms with Crippen molar-refractivity contribution in [3.05, 3.63) is 71.7 Å². The lowest BCUT2D eigenvalue weighted by atomic mass is 9.87. The zero-order chi connectivity index (χ0) is 13.2. The number of rotatable bonds is 3. The van der Waals surface area contributed by atoms with Crippen molar-refractivity contribution in [2.45, 2.75) is 18.9 Å². The Kier molecular flexibility index (Phi) is 2.40. The summed E-state index contributed by atoms with van der Waals surface area (Å²) in [6.45, 7) is 1.88. The molecule has 1 atom stereocenters. The molecule has 0 aliphatic rings. The first kappa shape index (κ1) is 8.54. The lowest BCUT2D eigenvalue weighted by Gasteiger charge is -2.25. The molecule has 16 heavy (non-hydrogen) atoms. The van der Waals surface area contributed by atoms with Gasteiger partial charge < -0.3 is 5.73 Å². The third kappa shape index (κ3) is 2.50. The molecular weight excluding hydrogens is 194 g/mol. The predicted octanol–water partition coefficient (Wildman–Crippen LogP) is 3.10. The second kappa shape index (κ2) is 4.50. The van der Waals surface area contributed by atoms with E-state index in [2.05, 4.69) is 0 Å². The third-order valence-electron chi connectivity index (χ3n) is 2.63. The molecule has 0 aliphatic heterocycles. The van der Waals surface area contributed by atoms with Gasteiger partial charge in [-0.1, -0.05) is 60.6 Å². The molecule has 82 valence electrons. The fraction of sp³-hybridized carbons (Fsp3) is 0.200. The molecule has 0 aliphatic carbocycles. The fourth-order valence-corrected chi connectivity index (χ4v) is 1.79. The minimum Gasteiger partial charge on any atom is -0.321 e. The molecule has 1 nitrogen and oxygen atoms in total. The normalized spacial score (nSPS) is 16.1. The van der Waals surface area contributed by atoms with E-state index in [1.54, 1.807) is 18.2 Å². The van der Waals surface area contributed by atoms with Crippen LogP contribution in [0.2, 0.25) is 0 Å². The predicted molar refractivity (Wildman–Crippen MR) is 68.1 cm³/mol. The average Bonchev–Trinajstić information content (AvgIpc) is 2.28. The van der Waals surface area contributed by atoms with E-state index < -0.39 is 5.54 Å². The molecular formula is C15H17N. The summed E-state index contributed by atoms with van der Waals surface area (Å²) in [7, 11) is 0. The molecule has 0 aromatic heterocycles. The number of nitrogens with two attached hydrogens (primary N) is 1. The molecule has 1 unspecified atom stereocenters. The van der Waals surface area contributed by atoms with Crippen LogP contribution >= 0.6 is 0 Å². The minimum absolute atomic E-state index is 0.337. The largest absolute Gasteiger partial charge is 0.321 e. The monoisotopic (exact) mass is 213 g/mol. The summed E-state index contributed by atoms with van der Waals surface area (Å²) in [4.78, 5) is 0. The Bertz CT molecular complexity index is 515. The van der Waals surface area contributed by atoms with E-state index in [4.69, 9.17) is 8.48 Å². The minimum atomic E-state index is -0.698. The Balaban J connectivity index is 2.37. The molecule has 0 radical (unpaired) electrons. The van der Waals surface area contributed by atoms with Gasteiger partial charge in [-0.15, -0.1) is 0 Å². The molecule has 1 heteroatoms. The Hall–Kier alpha value is -1.60.